The van der Waals surface area contributed by atoms with Gasteiger partial charge in [0.05, 0.1) is 6.42 Å². The van der Waals surface area contributed by atoms with Crippen LogP contribution in [-0.4, -0.2) is 23.0 Å². The molecule has 1 amide bonds. The molecule has 0 aromatic heterocycles. The van der Waals surface area contributed by atoms with Gasteiger partial charge in [0.15, 0.2) is 0 Å². The smallest absolute Gasteiger partial charge is 0.304 e. The maximum atomic E-state index is 12.8. The number of carbonyl (C=O) groups is 2. The van der Waals surface area contributed by atoms with Crippen molar-refractivity contribution in [1.82, 2.24) is 5.32 Å². The molecule has 0 radical (unpaired) electrons. The lowest BCUT2D eigenvalue weighted by Crippen LogP contribution is -2.52. The molecule has 0 spiro atoms. The van der Waals surface area contributed by atoms with E-state index in [0.29, 0.717) is 22.4 Å². The molecule has 1 aliphatic heterocycles. The molecule has 4 nitrogen and oxygen atoms in total. The summed E-state index contributed by atoms with van der Waals surface area (Å²) in [6, 6.07) is 15.4. The van der Waals surface area contributed by atoms with Crippen molar-refractivity contribution in [3.63, 3.8) is 0 Å². The Morgan fingerprint density at radius 3 is 2.45 bits per heavy atom. The molecule has 2 N–H and O–H groups in total. The van der Waals surface area contributed by atoms with Gasteiger partial charge in [0.1, 0.15) is 0 Å². The second-order valence-corrected chi connectivity index (χ2v) is 9.01. The fraction of sp³-hybridized carbons (Fsp3) is 0.391. The zero-order chi connectivity index (χ0) is 20.5. The fourth-order valence-electron chi connectivity index (χ4n) is 4.66. The third-order valence-corrected chi connectivity index (χ3v) is 6.61. The number of rotatable bonds is 6. The molecule has 1 unspecified atom stereocenters. The predicted molar refractivity (Wildman–Crippen MR) is 113 cm³/mol. The van der Waals surface area contributed by atoms with E-state index in [0.717, 1.165) is 24.0 Å². The van der Waals surface area contributed by atoms with Crippen molar-refractivity contribution in [2.45, 2.75) is 43.6 Å². The van der Waals surface area contributed by atoms with Gasteiger partial charge in [0.25, 0.3) is 0 Å². The molecule has 6 heteroatoms. The number of hydrogen-bond acceptors (Lipinski definition) is 2. The summed E-state index contributed by atoms with van der Waals surface area (Å²) in [7, 11) is 0. The van der Waals surface area contributed by atoms with Crippen LogP contribution in [-0.2, 0) is 9.59 Å². The minimum absolute atomic E-state index is 0.00275. The normalized spacial score (nSPS) is 25.3. The number of hydrogen-bond donors (Lipinski definition) is 2. The molecule has 1 saturated carbocycles. The monoisotopic (exact) mass is 431 g/mol. The topological polar surface area (TPSA) is 66.4 Å². The van der Waals surface area contributed by atoms with E-state index in [1.165, 1.54) is 0 Å². The molecule has 2 fully saturated rings. The Morgan fingerprint density at radius 1 is 1.10 bits per heavy atom. The Kier molecular flexibility index (Phi) is 5.84. The molecule has 2 aromatic rings. The second-order valence-electron chi connectivity index (χ2n) is 8.14. The van der Waals surface area contributed by atoms with Crippen LogP contribution in [0.25, 0.3) is 0 Å². The quantitative estimate of drug-likeness (QED) is 0.655. The minimum Gasteiger partial charge on any atom is -0.481 e. The van der Waals surface area contributed by atoms with Crippen molar-refractivity contribution in [1.29, 1.82) is 0 Å². The van der Waals surface area contributed by atoms with E-state index in [2.05, 4.69) is 5.32 Å². The first kappa shape index (κ1) is 20.2. The standard InChI is InChI=1S/C23H23Cl2NO3/c24-17-8-6-14(7-9-17)21(13-4-5-13)22-19(15-2-1-3-18(25)10-15)11-16(12-20(27)28)23(29)26-22/h1-3,6-10,13,16,19,21-22H,4-5,11-12H2,(H,26,29)(H,27,28)/t16-,19-,21?,22+/m1/s1. The number of piperidine rings is 1. The van der Waals surface area contributed by atoms with E-state index >= 15 is 0 Å². The summed E-state index contributed by atoms with van der Waals surface area (Å²) in [5, 5.41) is 13.8. The first-order valence-corrected chi connectivity index (χ1v) is 10.7. The van der Waals surface area contributed by atoms with Gasteiger partial charge >= 0.3 is 5.97 Å². The van der Waals surface area contributed by atoms with Crippen LogP contribution in [0.15, 0.2) is 48.5 Å². The number of carboxylic acids is 1. The lowest BCUT2D eigenvalue weighted by Gasteiger charge is -2.41. The van der Waals surface area contributed by atoms with Crippen molar-refractivity contribution in [2.24, 2.45) is 11.8 Å². The molecular formula is C23H23Cl2NO3. The summed E-state index contributed by atoms with van der Waals surface area (Å²) in [6.45, 7) is 0. The Labute approximate surface area is 180 Å². The first-order chi connectivity index (χ1) is 13.9. The van der Waals surface area contributed by atoms with E-state index in [-0.39, 0.29) is 30.2 Å². The highest BCUT2D eigenvalue weighted by Gasteiger charge is 2.46. The van der Waals surface area contributed by atoms with Crippen LogP contribution in [0.4, 0.5) is 0 Å². The summed E-state index contributed by atoms with van der Waals surface area (Å²) in [5.74, 6) is -1.01. The SMILES string of the molecule is O=C(O)C[C@H]1C[C@H](c2cccc(Cl)c2)[C@@H](C(c2ccc(Cl)cc2)C2CC2)NC1=O. The summed E-state index contributed by atoms with van der Waals surface area (Å²) in [4.78, 5) is 24.1. The zero-order valence-electron chi connectivity index (χ0n) is 15.9. The van der Waals surface area contributed by atoms with Gasteiger partial charge in [-0.15, -0.1) is 0 Å². The van der Waals surface area contributed by atoms with Crippen LogP contribution in [0.5, 0.6) is 0 Å². The van der Waals surface area contributed by atoms with Crippen molar-refractivity contribution in [2.75, 3.05) is 0 Å². The molecule has 29 heavy (non-hydrogen) atoms. The maximum absolute atomic E-state index is 12.8. The number of benzene rings is 2. The van der Waals surface area contributed by atoms with Gasteiger partial charge in [-0.1, -0.05) is 47.5 Å². The van der Waals surface area contributed by atoms with Crippen LogP contribution in [0.1, 0.15) is 48.6 Å². The van der Waals surface area contributed by atoms with Crippen LogP contribution >= 0.6 is 23.2 Å². The average Bonchev–Trinajstić information content (AvgIpc) is 3.50. The number of carboxylic acid groups (broad SMARTS) is 1. The molecule has 1 aliphatic carbocycles. The minimum atomic E-state index is -0.954. The van der Waals surface area contributed by atoms with Gasteiger partial charge in [-0.05, 0) is 60.6 Å². The number of nitrogens with one attached hydrogen (secondary N) is 1. The number of carbonyl (C=O) groups excluding carboxylic acids is 1. The molecule has 1 saturated heterocycles. The van der Waals surface area contributed by atoms with Crippen LogP contribution < -0.4 is 5.32 Å². The van der Waals surface area contributed by atoms with Crippen LogP contribution in [0, 0.1) is 11.8 Å². The lowest BCUT2D eigenvalue weighted by atomic mass is 9.71. The molecule has 152 valence electrons. The van der Waals surface area contributed by atoms with Gasteiger partial charge in [-0.3, -0.25) is 9.59 Å². The van der Waals surface area contributed by atoms with Gasteiger partial charge < -0.3 is 10.4 Å². The Hall–Kier alpha value is -2.04. The molecule has 2 aromatic carbocycles. The van der Waals surface area contributed by atoms with Gasteiger partial charge in [-0.2, -0.15) is 0 Å². The van der Waals surface area contributed by atoms with Crippen molar-refractivity contribution < 1.29 is 14.7 Å². The van der Waals surface area contributed by atoms with Gasteiger partial charge in [-0.25, -0.2) is 0 Å². The van der Waals surface area contributed by atoms with Gasteiger partial charge in [0, 0.05) is 33.8 Å². The molecule has 2 aliphatic rings. The molecule has 1 heterocycles. The highest BCUT2D eigenvalue weighted by Crippen LogP contribution is 2.50. The van der Waals surface area contributed by atoms with E-state index in [4.69, 9.17) is 23.2 Å². The van der Waals surface area contributed by atoms with Crippen LogP contribution in [0.3, 0.4) is 0 Å². The van der Waals surface area contributed by atoms with Crippen LogP contribution in [0.2, 0.25) is 10.0 Å². The molecule has 4 rings (SSSR count). The van der Waals surface area contributed by atoms with Crippen molar-refractivity contribution in [3.8, 4) is 0 Å². The van der Waals surface area contributed by atoms with Crippen molar-refractivity contribution >= 4 is 35.1 Å². The summed E-state index contributed by atoms with van der Waals surface area (Å²) in [5.41, 5.74) is 2.20. The summed E-state index contributed by atoms with van der Waals surface area (Å²) in [6.07, 6.45) is 2.59. The summed E-state index contributed by atoms with van der Waals surface area (Å²) >= 11 is 12.3. The van der Waals surface area contributed by atoms with Gasteiger partial charge in [0.2, 0.25) is 5.91 Å². The Bertz CT molecular complexity index is 911. The predicted octanol–water partition coefficient (Wildman–Crippen LogP) is 5.25. The van der Waals surface area contributed by atoms with E-state index in [9.17, 15) is 14.7 Å². The third-order valence-electron chi connectivity index (χ3n) is 6.12. The summed E-state index contributed by atoms with van der Waals surface area (Å²) < 4.78 is 0. The third kappa shape index (κ3) is 4.59. The Balaban J connectivity index is 1.72. The Morgan fingerprint density at radius 2 is 1.83 bits per heavy atom. The van der Waals surface area contributed by atoms with E-state index in [1.54, 1.807) is 0 Å². The molecular weight excluding hydrogens is 409 g/mol. The first-order valence-electron chi connectivity index (χ1n) is 9.95. The maximum Gasteiger partial charge on any atom is 0.304 e. The largest absolute Gasteiger partial charge is 0.481 e. The number of amides is 1. The van der Waals surface area contributed by atoms with E-state index in [1.807, 2.05) is 48.5 Å². The van der Waals surface area contributed by atoms with E-state index < -0.39 is 11.9 Å². The second kappa shape index (κ2) is 8.37. The zero-order valence-corrected chi connectivity index (χ0v) is 17.4. The highest BCUT2D eigenvalue weighted by atomic mass is 35.5. The molecule has 0 bridgehead atoms. The fourth-order valence-corrected chi connectivity index (χ4v) is 4.99. The number of halogens is 2. The highest BCUT2D eigenvalue weighted by molar-refractivity contribution is 6.30. The number of aliphatic carboxylic acids is 1. The lowest BCUT2D eigenvalue weighted by molar-refractivity contribution is -0.142. The van der Waals surface area contributed by atoms with Crippen molar-refractivity contribution in [3.05, 3.63) is 69.7 Å². The average molecular weight is 432 g/mol. The molecule has 4 atom stereocenters.